The summed E-state index contributed by atoms with van der Waals surface area (Å²) in [5.41, 5.74) is 0. The molecule has 17 heavy (non-hydrogen) atoms. The van der Waals surface area contributed by atoms with E-state index < -0.39 is 8.24 Å². The van der Waals surface area contributed by atoms with E-state index in [2.05, 4.69) is 31.3 Å². The smallest absolute Gasteiger partial charge is 0.168 e. The van der Waals surface area contributed by atoms with E-state index in [-0.39, 0.29) is 0 Å². The van der Waals surface area contributed by atoms with E-state index in [9.17, 15) is 0 Å². The van der Waals surface area contributed by atoms with Crippen LogP contribution >= 0.6 is 12.2 Å². The molecular formula is C13H21NOSSi. The summed E-state index contributed by atoms with van der Waals surface area (Å²) >= 11 is 5.24. The van der Waals surface area contributed by atoms with Gasteiger partial charge < -0.3 is 9.30 Å². The summed E-state index contributed by atoms with van der Waals surface area (Å²) in [5, 5.41) is 0.668. The fourth-order valence-electron chi connectivity index (χ4n) is 1.27. The predicted octanol–water partition coefficient (Wildman–Crippen LogP) is 3.55. The fraction of sp³-hybridized carbons (Fsp3) is 0.462. The van der Waals surface area contributed by atoms with Gasteiger partial charge in [-0.25, -0.2) is 0 Å². The molecule has 0 fully saturated rings. The zero-order chi connectivity index (χ0) is 12.9. The number of nitrogens with zero attached hydrogens (tertiary/aromatic N) is 1. The van der Waals surface area contributed by atoms with Gasteiger partial charge in [-0.05, 0) is 37.9 Å². The average molecular weight is 267 g/mol. The molecule has 0 heterocycles. The Hall–Kier alpha value is -0.713. The maximum absolute atomic E-state index is 5.60. The standard InChI is InChI=1S/C13H21NOSSi/c1-14(17(2,3)4)11-10-13(16)15-12-8-6-5-7-9-12/h5-9H,10-11H2,1-4H3. The van der Waals surface area contributed by atoms with E-state index in [1.165, 1.54) is 0 Å². The molecule has 0 aliphatic heterocycles. The van der Waals surface area contributed by atoms with Crippen LogP contribution in [0, 0.1) is 0 Å². The van der Waals surface area contributed by atoms with E-state index in [4.69, 9.17) is 17.0 Å². The third kappa shape index (κ3) is 5.43. The minimum Gasteiger partial charge on any atom is -0.450 e. The molecule has 4 heteroatoms. The van der Waals surface area contributed by atoms with Crippen molar-refractivity contribution in [3.8, 4) is 5.75 Å². The van der Waals surface area contributed by atoms with E-state index in [0.717, 1.165) is 18.7 Å². The highest BCUT2D eigenvalue weighted by molar-refractivity contribution is 7.80. The zero-order valence-electron chi connectivity index (χ0n) is 11.1. The molecule has 1 aromatic carbocycles. The second kappa shape index (κ2) is 6.28. The first kappa shape index (κ1) is 14.3. The first-order valence-electron chi connectivity index (χ1n) is 5.86. The van der Waals surface area contributed by atoms with Gasteiger partial charge in [-0.15, -0.1) is 0 Å². The fourth-order valence-corrected chi connectivity index (χ4v) is 2.24. The lowest BCUT2D eigenvalue weighted by Crippen LogP contribution is -2.44. The molecule has 1 rings (SSSR count). The van der Waals surface area contributed by atoms with Gasteiger partial charge >= 0.3 is 0 Å². The molecule has 0 saturated carbocycles. The Bertz CT molecular complexity index is 361. The van der Waals surface area contributed by atoms with Crippen molar-refractivity contribution in [2.75, 3.05) is 13.6 Å². The Balaban J connectivity index is 2.36. The van der Waals surface area contributed by atoms with Crippen molar-refractivity contribution >= 4 is 25.5 Å². The van der Waals surface area contributed by atoms with Gasteiger partial charge in [-0.1, -0.05) is 37.8 Å². The van der Waals surface area contributed by atoms with E-state index >= 15 is 0 Å². The molecule has 0 aliphatic rings. The van der Waals surface area contributed by atoms with E-state index in [1.807, 2.05) is 30.3 Å². The Morgan fingerprint density at radius 2 is 1.82 bits per heavy atom. The number of hydrogen-bond donors (Lipinski definition) is 0. The van der Waals surface area contributed by atoms with Crippen molar-refractivity contribution in [2.24, 2.45) is 0 Å². The average Bonchev–Trinajstić information content (AvgIpc) is 2.26. The number of hydrogen-bond acceptors (Lipinski definition) is 3. The number of ether oxygens (including phenoxy) is 1. The Kier molecular flexibility index (Phi) is 5.30. The number of rotatable bonds is 5. The number of para-hydroxylation sites is 1. The monoisotopic (exact) mass is 267 g/mol. The van der Waals surface area contributed by atoms with E-state index in [0.29, 0.717) is 5.05 Å². The third-order valence-corrected chi connectivity index (χ3v) is 5.57. The molecule has 0 unspecified atom stereocenters. The maximum atomic E-state index is 5.60. The Morgan fingerprint density at radius 1 is 1.24 bits per heavy atom. The van der Waals surface area contributed by atoms with Crippen molar-refractivity contribution in [1.29, 1.82) is 0 Å². The first-order chi connectivity index (χ1) is 7.89. The molecule has 0 bridgehead atoms. The highest BCUT2D eigenvalue weighted by Crippen LogP contribution is 2.11. The summed E-state index contributed by atoms with van der Waals surface area (Å²) in [4.78, 5) is 0. The van der Waals surface area contributed by atoms with Crippen molar-refractivity contribution in [1.82, 2.24) is 4.57 Å². The van der Waals surface area contributed by atoms with Crippen LogP contribution in [0.4, 0.5) is 0 Å². The third-order valence-electron chi connectivity index (χ3n) is 2.77. The summed E-state index contributed by atoms with van der Waals surface area (Å²) in [6, 6.07) is 9.72. The van der Waals surface area contributed by atoms with Crippen LogP contribution in [0.3, 0.4) is 0 Å². The molecule has 0 atom stereocenters. The quantitative estimate of drug-likeness (QED) is 0.598. The predicted molar refractivity (Wildman–Crippen MR) is 80.3 cm³/mol. The topological polar surface area (TPSA) is 12.5 Å². The largest absolute Gasteiger partial charge is 0.450 e. The first-order valence-corrected chi connectivity index (χ1v) is 9.72. The van der Waals surface area contributed by atoms with Crippen LogP contribution in [0.1, 0.15) is 6.42 Å². The van der Waals surface area contributed by atoms with E-state index in [1.54, 1.807) is 0 Å². The van der Waals surface area contributed by atoms with Gasteiger partial charge in [0.2, 0.25) is 0 Å². The summed E-state index contributed by atoms with van der Waals surface area (Å²) in [7, 11) is 0.963. The van der Waals surface area contributed by atoms with Crippen LogP contribution in [-0.2, 0) is 0 Å². The van der Waals surface area contributed by atoms with Crippen LogP contribution < -0.4 is 4.74 Å². The molecule has 0 aliphatic carbocycles. The van der Waals surface area contributed by atoms with Crippen LogP contribution in [0.25, 0.3) is 0 Å². The minimum absolute atomic E-state index is 0.668. The van der Waals surface area contributed by atoms with Crippen molar-refractivity contribution in [2.45, 2.75) is 26.1 Å². The molecule has 0 radical (unpaired) electrons. The lowest BCUT2D eigenvalue weighted by molar-refractivity contribution is 0.489. The minimum atomic E-state index is -1.20. The number of thiocarbonyl (C=S) groups is 1. The number of benzene rings is 1. The lowest BCUT2D eigenvalue weighted by atomic mass is 10.3. The van der Waals surface area contributed by atoms with Gasteiger partial charge in [0.05, 0.1) is 0 Å². The van der Waals surface area contributed by atoms with Crippen LogP contribution in [-0.4, -0.2) is 31.4 Å². The van der Waals surface area contributed by atoms with Gasteiger partial charge in [-0.2, -0.15) is 0 Å². The molecule has 0 N–H and O–H groups in total. The second-order valence-corrected chi connectivity index (χ2v) is 10.7. The Labute approximate surface area is 111 Å². The lowest BCUT2D eigenvalue weighted by Gasteiger charge is -2.29. The van der Waals surface area contributed by atoms with Gasteiger partial charge in [0.1, 0.15) is 14.0 Å². The molecule has 0 spiro atoms. The summed E-state index contributed by atoms with van der Waals surface area (Å²) in [6.45, 7) is 7.96. The van der Waals surface area contributed by atoms with Crippen molar-refractivity contribution < 1.29 is 4.74 Å². The molecule has 0 amide bonds. The SMILES string of the molecule is CN(CCC(=S)Oc1ccccc1)[Si](C)(C)C. The van der Waals surface area contributed by atoms with Crippen molar-refractivity contribution in [3.05, 3.63) is 30.3 Å². The molecule has 94 valence electrons. The zero-order valence-corrected chi connectivity index (χ0v) is 12.9. The van der Waals surface area contributed by atoms with Gasteiger partial charge in [0.25, 0.3) is 0 Å². The molecule has 0 aromatic heterocycles. The molecular weight excluding hydrogens is 246 g/mol. The van der Waals surface area contributed by atoms with Crippen molar-refractivity contribution in [3.63, 3.8) is 0 Å². The summed E-state index contributed by atoms with van der Waals surface area (Å²) in [6.07, 6.45) is 0.811. The van der Waals surface area contributed by atoms with Crippen LogP contribution in [0.5, 0.6) is 5.75 Å². The van der Waals surface area contributed by atoms with Crippen LogP contribution in [0.2, 0.25) is 19.6 Å². The normalized spacial score (nSPS) is 11.6. The summed E-state index contributed by atoms with van der Waals surface area (Å²) < 4.78 is 8.01. The second-order valence-electron chi connectivity index (χ2n) is 5.13. The Morgan fingerprint density at radius 3 is 2.35 bits per heavy atom. The summed E-state index contributed by atoms with van der Waals surface area (Å²) in [5.74, 6) is 0.827. The van der Waals surface area contributed by atoms with Gasteiger partial charge in [0, 0.05) is 6.42 Å². The maximum Gasteiger partial charge on any atom is 0.168 e. The molecule has 0 saturated heterocycles. The van der Waals surface area contributed by atoms with Gasteiger partial charge in [0.15, 0.2) is 5.05 Å². The van der Waals surface area contributed by atoms with Gasteiger partial charge in [-0.3, -0.25) is 0 Å². The highest BCUT2D eigenvalue weighted by atomic mass is 32.1. The highest BCUT2D eigenvalue weighted by Gasteiger charge is 2.19. The molecule has 1 aromatic rings. The van der Waals surface area contributed by atoms with Crippen LogP contribution in [0.15, 0.2) is 30.3 Å². The molecule has 2 nitrogen and oxygen atoms in total.